The van der Waals surface area contributed by atoms with Gasteiger partial charge in [0.25, 0.3) is 5.91 Å². The number of carbonyl (C=O) groups excluding carboxylic acids is 1. The number of pyridine rings is 1. The van der Waals surface area contributed by atoms with Crippen molar-refractivity contribution in [2.75, 3.05) is 11.9 Å². The van der Waals surface area contributed by atoms with Crippen molar-refractivity contribution in [2.24, 2.45) is 5.16 Å². The van der Waals surface area contributed by atoms with E-state index in [1.165, 1.54) is 30.6 Å². The molecule has 1 atom stereocenters. The molecule has 0 saturated heterocycles. The summed E-state index contributed by atoms with van der Waals surface area (Å²) in [4.78, 5) is 22.1. The predicted molar refractivity (Wildman–Crippen MR) is 123 cm³/mol. The molecular weight excluding hydrogens is 453 g/mol. The van der Waals surface area contributed by atoms with Gasteiger partial charge in [-0.3, -0.25) is 9.78 Å². The van der Waals surface area contributed by atoms with Crippen LogP contribution in [0.2, 0.25) is 10.0 Å². The van der Waals surface area contributed by atoms with Crippen LogP contribution in [0.5, 0.6) is 11.5 Å². The average Bonchev–Trinajstić information content (AvgIpc) is 3.19. The molecule has 0 saturated carbocycles. The first-order chi connectivity index (χ1) is 15.3. The van der Waals surface area contributed by atoms with Crippen molar-refractivity contribution in [1.82, 2.24) is 4.98 Å². The first kappa shape index (κ1) is 21.9. The highest BCUT2D eigenvalue weighted by molar-refractivity contribution is 6.39. The molecule has 1 aromatic heterocycles. The number of aromatic hydroxyl groups is 1. The third kappa shape index (κ3) is 4.79. The average molecular weight is 472 g/mol. The van der Waals surface area contributed by atoms with Crippen LogP contribution in [0, 0.1) is 0 Å². The number of aromatic nitrogens is 1. The summed E-state index contributed by atoms with van der Waals surface area (Å²) in [5.74, 6) is -0.433. The number of nitrogens with one attached hydrogen (secondary N) is 1. The molecule has 164 valence electrons. The third-order valence-electron chi connectivity index (χ3n) is 4.87. The van der Waals surface area contributed by atoms with Gasteiger partial charge in [0.15, 0.2) is 17.1 Å². The van der Waals surface area contributed by atoms with Crippen LogP contribution in [0.3, 0.4) is 0 Å². The highest BCUT2D eigenvalue weighted by atomic mass is 35.5. The van der Waals surface area contributed by atoms with Gasteiger partial charge in [0.2, 0.25) is 0 Å². The maximum Gasteiger partial charge on any atom is 0.255 e. The van der Waals surface area contributed by atoms with E-state index in [9.17, 15) is 9.90 Å². The number of benzene rings is 2. The number of anilines is 1. The molecule has 1 amide bonds. The number of rotatable bonds is 6. The second kappa shape index (κ2) is 9.06. The van der Waals surface area contributed by atoms with Crippen LogP contribution in [0.25, 0.3) is 0 Å². The van der Waals surface area contributed by atoms with Crippen molar-refractivity contribution in [1.29, 1.82) is 0 Å². The summed E-state index contributed by atoms with van der Waals surface area (Å²) in [5, 5.41) is 17.5. The number of carbonyl (C=O) groups is 1. The first-order valence-corrected chi connectivity index (χ1v) is 10.5. The van der Waals surface area contributed by atoms with Gasteiger partial charge in [0.05, 0.1) is 21.4 Å². The van der Waals surface area contributed by atoms with Gasteiger partial charge in [0, 0.05) is 24.4 Å². The Labute approximate surface area is 194 Å². The van der Waals surface area contributed by atoms with E-state index < -0.39 is 11.5 Å². The second-order valence-electron chi connectivity index (χ2n) is 7.53. The Hall–Kier alpha value is -3.29. The molecule has 2 aromatic carbocycles. The fourth-order valence-corrected chi connectivity index (χ4v) is 3.62. The van der Waals surface area contributed by atoms with Crippen LogP contribution >= 0.6 is 23.2 Å². The Morgan fingerprint density at radius 2 is 1.91 bits per heavy atom. The van der Waals surface area contributed by atoms with E-state index in [1.54, 1.807) is 0 Å². The van der Waals surface area contributed by atoms with Crippen LogP contribution in [0.15, 0.2) is 66.1 Å². The van der Waals surface area contributed by atoms with Gasteiger partial charge in [-0.2, -0.15) is 0 Å². The number of halogens is 2. The van der Waals surface area contributed by atoms with Gasteiger partial charge in [-0.15, -0.1) is 0 Å². The molecule has 0 bridgehead atoms. The van der Waals surface area contributed by atoms with E-state index in [2.05, 4.69) is 15.5 Å². The summed E-state index contributed by atoms with van der Waals surface area (Å²) in [6.45, 7) is 1.99. The van der Waals surface area contributed by atoms with Crippen molar-refractivity contribution >= 4 is 40.5 Å². The SMILES string of the molecule is CC1(COc2cc(C(=O)Nc3c(Cl)cncc3Cl)ccc2O)CC(c2ccccc2)=NO1. The van der Waals surface area contributed by atoms with Crippen LogP contribution in [0.1, 0.15) is 29.3 Å². The topological polar surface area (TPSA) is 93.0 Å². The van der Waals surface area contributed by atoms with Gasteiger partial charge in [-0.25, -0.2) is 0 Å². The highest BCUT2D eigenvalue weighted by Crippen LogP contribution is 2.33. The molecule has 1 aliphatic heterocycles. The zero-order valence-electron chi connectivity index (χ0n) is 17.0. The summed E-state index contributed by atoms with van der Waals surface area (Å²) in [5.41, 5.74) is 1.58. The van der Waals surface area contributed by atoms with Gasteiger partial charge in [0.1, 0.15) is 6.61 Å². The number of oxime groups is 1. The van der Waals surface area contributed by atoms with Crippen LogP contribution in [-0.4, -0.2) is 33.9 Å². The van der Waals surface area contributed by atoms with E-state index in [0.717, 1.165) is 11.3 Å². The smallest absolute Gasteiger partial charge is 0.255 e. The van der Waals surface area contributed by atoms with E-state index in [-0.39, 0.29) is 39.4 Å². The molecule has 1 unspecified atom stereocenters. The molecular formula is C23H19Cl2N3O4. The minimum atomic E-state index is -0.714. The predicted octanol–water partition coefficient (Wildman–Crippen LogP) is 5.31. The minimum absolute atomic E-state index is 0.104. The first-order valence-electron chi connectivity index (χ1n) is 9.71. The lowest BCUT2D eigenvalue weighted by Gasteiger charge is -2.22. The van der Waals surface area contributed by atoms with Gasteiger partial charge in [-0.05, 0) is 30.7 Å². The Bertz CT molecular complexity index is 1170. The van der Waals surface area contributed by atoms with Crippen LogP contribution in [0.4, 0.5) is 5.69 Å². The van der Waals surface area contributed by atoms with Crippen molar-refractivity contribution in [2.45, 2.75) is 18.9 Å². The van der Waals surface area contributed by atoms with Crippen molar-refractivity contribution in [3.05, 3.63) is 82.1 Å². The molecule has 2 heterocycles. The number of phenolic OH excluding ortho intramolecular Hbond substituents is 1. The van der Waals surface area contributed by atoms with Crippen molar-refractivity contribution in [3.63, 3.8) is 0 Å². The lowest BCUT2D eigenvalue weighted by Crippen LogP contribution is -2.32. The molecule has 0 spiro atoms. The molecule has 3 aromatic rings. The number of phenols is 1. The zero-order valence-corrected chi connectivity index (χ0v) is 18.5. The Morgan fingerprint density at radius 3 is 2.62 bits per heavy atom. The molecule has 0 aliphatic carbocycles. The lowest BCUT2D eigenvalue weighted by molar-refractivity contribution is -0.0361. The maximum atomic E-state index is 12.7. The molecule has 0 fully saturated rings. The van der Waals surface area contributed by atoms with E-state index in [1.807, 2.05) is 37.3 Å². The fraction of sp³-hybridized carbons (Fsp3) is 0.174. The largest absolute Gasteiger partial charge is 0.504 e. The Morgan fingerprint density at radius 1 is 1.19 bits per heavy atom. The third-order valence-corrected chi connectivity index (χ3v) is 5.44. The summed E-state index contributed by atoms with van der Waals surface area (Å²) < 4.78 is 5.81. The summed E-state index contributed by atoms with van der Waals surface area (Å²) in [6, 6.07) is 14.0. The molecule has 1 aliphatic rings. The van der Waals surface area contributed by atoms with Gasteiger partial charge in [-0.1, -0.05) is 58.7 Å². The van der Waals surface area contributed by atoms with Crippen LogP contribution < -0.4 is 10.1 Å². The van der Waals surface area contributed by atoms with Gasteiger partial charge < -0.3 is 20.0 Å². The molecule has 32 heavy (non-hydrogen) atoms. The monoisotopic (exact) mass is 471 g/mol. The molecule has 2 N–H and O–H groups in total. The summed E-state index contributed by atoms with van der Waals surface area (Å²) in [6.07, 6.45) is 3.29. The van der Waals surface area contributed by atoms with Crippen molar-refractivity contribution in [3.8, 4) is 11.5 Å². The highest BCUT2D eigenvalue weighted by Gasteiger charge is 2.36. The van der Waals surface area contributed by atoms with E-state index >= 15 is 0 Å². The van der Waals surface area contributed by atoms with E-state index in [4.69, 9.17) is 32.8 Å². The summed E-state index contributed by atoms with van der Waals surface area (Å²) in [7, 11) is 0. The number of ether oxygens (including phenoxy) is 1. The molecule has 9 heteroatoms. The summed E-state index contributed by atoms with van der Waals surface area (Å²) >= 11 is 12.1. The second-order valence-corrected chi connectivity index (χ2v) is 8.34. The quantitative estimate of drug-likeness (QED) is 0.508. The number of amides is 1. The fourth-order valence-electron chi connectivity index (χ4n) is 3.16. The normalized spacial score (nSPS) is 17.4. The standard InChI is InChI=1S/C23H19Cl2N3O4/c1-23(10-18(28-32-23)14-5-3-2-4-6-14)13-31-20-9-15(7-8-19(20)29)22(30)27-21-16(24)11-26-12-17(21)25/h2-9,11-12,29H,10,13H2,1H3,(H,26,27,30). The number of nitrogens with zero attached hydrogens (tertiary/aromatic N) is 2. The van der Waals surface area contributed by atoms with E-state index in [0.29, 0.717) is 6.42 Å². The van der Waals surface area contributed by atoms with Gasteiger partial charge >= 0.3 is 0 Å². The minimum Gasteiger partial charge on any atom is -0.504 e. The van der Waals surface area contributed by atoms with Crippen LogP contribution in [-0.2, 0) is 4.84 Å². The molecule has 7 nitrogen and oxygen atoms in total. The Kier molecular flexibility index (Phi) is 6.21. The zero-order chi connectivity index (χ0) is 22.7. The van der Waals surface area contributed by atoms with Crippen molar-refractivity contribution < 1.29 is 19.5 Å². The maximum absolute atomic E-state index is 12.7. The molecule has 0 radical (unpaired) electrons. The number of hydrogen-bond donors (Lipinski definition) is 2. The Balaban J connectivity index is 1.44. The lowest BCUT2D eigenvalue weighted by atomic mass is 9.97. The number of hydrogen-bond acceptors (Lipinski definition) is 6. The molecule has 4 rings (SSSR count).